The summed E-state index contributed by atoms with van der Waals surface area (Å²) < 4.78 is 343. The van der Waals surface area contributed by atoms with Gasteiger partial charge in [0.1, 0.15) is 11.8 Å². The number of thiol groups is 1. The first-order chi connectivity index (χ1) is 32.6. The van der Waals surface area contributed by atoms with Gasteiger partial charge in [-0.15, -0.1) is 0 Å². The first-order valence-electron chi connectivity index (χ1n) is 19.5. The summed E-state index contributed by atoms with van der Waals surface area (Å²) >= 11 is 4.21. The number of rotatable bonds is 7. The van der Waals surface area contributed by atoms with Crippen LogP contribution in [-0.2, 0) is 61.7 Å². The third kappa shape index (κ3) is 13.3. The fourth-order valence-corrected chi connectivity index (χ4v) is 7.69. The highest BCUT2D eigenvalue weighted by Gasteiger charge is 2.47. The second kappa shape index (κ2) is 19.7. The van der Waals surface area contributed by atoms with Gasteiger partial charge in [0, 0.05) is 11.3 Å². The maximum absolute atomic E-state index is 14.2. The van der Waals surface area contributed by atoms with Gasteiger partial charge in [0.25, 0.3) is 0 Å². The molecule has 0 amide bonds. The van der Waals surface area contributed by atoms with E-state index in [1.54, 1.807) is 0 Å². The van der Waals surface area contributed by atoms with E-state index in [9.17, 15) is 105 Å². The molecular formula is C44H25BF24N2S. The van der Waals surface area contributed by atoms with Gasteiger partial charge in [-0.05, 0) is 24.3 Å². The van der Waals surface area contributed by atoms with Crippen molar-refractivity contribution in [1.29, 1.82) is 0 Å². The van der Waals surface area contributed by atoms with Crippen LogP contribution in [0.3, 0.4) is 0 Å². The van der Waals surface area contributed by atoms with Crippen LogP contribution in [0, 0.1) is 0 Å². The third-order valence-corrected chi connectivity index (χ3v) is 10.9. The van der Waals surface area contributed by atoms with E-state index in [2.05, 4.69) is 46.4 Å². The Morgan fingerprint density at radius 1 is 0.375 bits per heavy atom. The van der Waals surface area contributed by atoms with Crippen LogP contribution in [-0.4, -0.2) is 11.1 Å². The van der Waals surface area contributed by atoms with Crippen LogP contribution in [0.25, 0.3) is 0 Å². The molecule has 0 atom stereocenters. The standard InChI is InChI=1S/C32H12BF24.C12H12N2S/c34-25(35,36)13-1-14(26(37,38)39)6-21(5-13)33(22-7-15(27(40,41)42)2-16(8-22)28(43,44)45,23-9-17(29(46,47)48)3-18(10-23)30(49,50)51)24-11-19(31(52,53)54)4-20(12-24)32(55,56)57;15-10-12-9-14(7-6-13-12)8-11-4-2-1-3-5-11/h1-12H;1-7,9H,8,10H2/q-1;/p+1. The first kappa shape index (κ1) is 56.8. The minimum absolute atomic E-state index is 0.676. The van der Waals surface area contributed by atoms with Gasteiger partial charge in [-0.2, -0.15) is 144 Å². The third-order valence-electron chi connectivity index (χ3n) is 10.6. The molecule has 0 aliphatic rings. The van der Waals surface area contributed by atoms with Gasteiger partial charge in [0.05, 0.1) is 50.7 Å². The van der Waals surface area contributed by atoms with Gasteiger partial charge in [-0.25, -0.2) is 4.98 Å². The SMILES string of the molecule is FC(F)(F)c1cc([B-](c2cc(C(F)(F)F)cc(C(F)(F)F)c2)(c2cc(C(F)(F)F)cc(C(F)(F)F)c2)c2cc(C(F)(F)F)cc(C(F)(F)F)c2)cc(C(F)(F)F)c1.SCc1c[n+](Cc2ccccc2)ccn1. The van der Waals surface area contributed by atoms with Crippen LogP contribution in [0.4, 0.5) is 105 Å². The predicted molar refractivity (Wildman–Crippen MR) is 213 cm³/mol. The molecule has 72 heavy (non-hydrogen) atoms. The smallest absolute Gasteiger partial charge is 0.248 e. The van der Waals surface area contributed by atoms with Gasteiger partial charge in [0.2, 0.25) is 0 Å². The molecule has 0 saturated carbocycles. The van der Waals surface area contributed by atoms with Crippen LogP contribution in [0.5, 0.6) is 0 Å². The van der Waals surface area contributed by atoms with E-state index >= 15 is 0 Å². The fourth-order valence-electron chi connectivity index (χ4n) is 7.53. The Kier molecular flexibility index (Phi) is 15.6. The Hall–Kier alpha value is -6.09. The lowest BCUT2D eigenvalue weighted by atomic mass is 9.12. The lowest BCUT2D eigenvalue weighted by molar-refractivity contribution is -0.689. The molecule has 0 unspecified atom stereocenters. The maximum Gasteiger partial charge on any atom is 0.416 e. The largest absolute Gasteiger partial charge is 0.416 e. The van der Waals surface area contributed by atoms with Crippen molar-refractivity contribution in [2.45, 2.75) is 61.7 Å². The lowest BCUT2D eigenvalue weighted by Crippen LogP contribution is -2.75. The van der Waals surface area contributed by atoms with Crippen molar-refractivity contribution >= 4 is 40.6 Å². The zero-order valence-corrected chi connectivity index (χ0v) is 35.8. The van der Waals surface area contributed by atoms with E-state index in [4.69, 9.17) is 0 Å². The summed E-state index contributed by atoms with van der Waals surface area (Å²) in [5, 5.41) is 0. The van der Waals surface area contributed by atoms with Gasteiger partial charge in [0.15, 0.2) is 18.9 Å². The molecule has 5 aromatic carbocycles. The van der Waals surface area contributed by atoms with Gasteiger partial charge in [-0.3, -0.25) is 0 Å². The zero-order valence-electron chi connectivity index (χ0n) is 35.0. The molecule has 0 spiro atoms. The van der Waals surface area contributed by atoms with Crippen LogP contribution < -0.4 is 26.4 Å². The number of hydrogen-bond acceptors (Lipinski definition) is 2. The summed E-state index contributed by atoms with van der Waals surface area (Å²) in [7, 11) is 0. The van der Waals surface area contributed by atoms with Crippen LogP contribution in [0.15, 0.2) is 122 Å². The molecule has 6 aromatic rings. The summed E-state index contributed by atoms with van der Waals surface area (Å²) in [5.74, 6) is 0.676. The number of nitrogens with zero attached hydrogens (tertiary/aromatic N) is 2. The molecule has 28 heteroatoms. The summed E-state index contributed by atoms with van der Waals surface area (Å²) in [6.45, 7) is 0.879. The Morgan fingerprint density at radius 3 is 0.847 bits per heavy atom. The molecule has 6 rings (SSSR count). The molecule has 388 valence electrons. The summed E-state index contributed by atoms with van der Waals surface area (Å²) in [5.41, 5.74) is -27.9. The molecule has 0 aliphatic heterocycles. The molecule has 0 aliphatic carbocycles. The summed E-state index contributed by atoms with van der Waals surface area (Å²) in [4.78, 5) is 4.20. The monoisotopic (exact) mass is 1080 g/mol. The minimum Gasteiger partial charge on any atom is -0.248 e. The summed E-state index contributed by atoms with van der Waals surface area (Å²) in [6, 6.07) is 1.56. The summed E-state index contributed by atoms with van der Waals surface area (Å²) in [6.07, 6.45) is -49.0. The van der Waals surface area contributed by atoms with Gasteiger partial charge >= 0.3 is 49.4 Å². The number of aromatic nitrogens is 2. The second-order valence-electron chi connectivity index (χ2n) is 15.6. The minimum atomic E-state index is -6.13. The van der Waals surface area contributed by atoms with Crippen molar-refractivity contribution in [3.8, 4) is 0 Å². The van der Waals surface area contributed by atoms with Crippen LogP contribution >= 0.6 is 12.6 Å². The highest BCUT2D eigenvalue weighted by Crippen LogP contribution is 2.41. The van der Waals surface area contributed by atoms with Gasteiger partial charge < -0.3 is 0 Å². The van der Waals surface area contributed by atoms with Crippen molar-refractivity contribution in [1.82, 2.24) is 4.98 Å². The number of halogens is 24. The molecule has 0 bridgehead atoms. The average Bonchev–Trinajstić information content (AvgIpc) is 3.24. The van der Waals surface area contributed by atoms with E-state index in [0.717, 1.165) is 12.2 Å². The highest BCUT2D eigenvalue weighted by molar-refractivity contribution is 7.79. The second-order valence-corrected chi connectivity index (χ2v) is 15.9. The van der Waals surface area contributed by atoms with Crippen molar-refractivity contribution in [2.24, 2.45) is 0 Å². The van der Waals surface area contributed by atoms with E-state index in [-0.39, 0.29) is 0 Å². The molecule has 1 heterocycles. The van der Waals surface area contributed by atoms with E-state index < -0.39 is 195 Å². The van der Waals surface area contributed by atoms with E-state index in [1.165, 1.54) is 5.56 Å². The van der Waals surface area contributed by atoms with Crippen molar-refractivity contribution < 1.29 is 110 Å². The van der Waals surface area contributed by atoms with Crippen LogP contribution in [0.2, 0.25) is 0 Å². The average molecular weight is 1080 g/mol. The molecule has 0 saturated heterocycles. The van der Waals surface area contributed by atoms with Crippen LogP contribution in [0.1, 0.15) is 55.8 Å². The quantitative estimate of drug-likeness (QED) is 0.0730. The lowest BCUT2D eigenvalue weighted by Gasteiger charge is -2.46. The van der Waals surface area contributed by atoms with Crippen molar-refractivity contribution in [2.75, 3.05) is 0 Å². The van der Waals surface area contributed by atoms with Crippen molar-refractivity contribution in [3.63, 3.8) is 0 Å². The topological polar surface area (TPSA) is 16.8 Å². The van der Waals surface area contributed by atoms with E-state index in [0.29, 0.717) is 5.75 Å². The molecule has 2 nitrogen and oxygen atoms in total. The fraction of sp³-hybridized carbons (Fsp3) is 0.227. The van der Waals surface area contributed by atoms with Crippen molar-refractivity contribution in [3.05, 3.63) is 177 Å². The molecule has 1 aromatic heterocycles. The molecule has 0 N–H and O–H groups in total. The number of alkyl halides is 24. The molecule has 0 fully saturated rings. The Morgan fingerprint density at radius 2 is 0.625 bits per heavy atom. The number of benzene rings is 5. The first-order valence-corrected chi connectivity index (χ1v) is 20.1. The molecule has 0 radical (unpaired) electrons. The zero-order chi connectivity index (χ0) is 54.4. The van der Waals surface area contributed by atoms with Gasteiger partial charge in [-0.1, -0.05) is 78.9 Å². The maximum atomic E-state index is 14.2. The predicted octanol–water partition coefficient (Wildman–Crippen LogP) is 13.1. The normalized spacial score (nSPS) is 13.5. The molecular weight excluding hydrogens is 1060 g/mol. The highest BCUT2D eigenvalue weighted by atomic mass is 32.1. The van der Waals surface area contributed by atoms with E-state index in [1.807, 2.05) is 24.7 Å². The Balaban J connectivity index is 0.000000542. The Labute approximate surface area is 394 Å². The number of hydrogen-bond donors (Lipinski definition) is 1. The Bertz CT molecular complexity index is 2440.